The van der Waals surface area contributed by atoms with Gasteiger partial charge < -0.3 is 20.1 Å². The normalized spacial score (nSPS) is 21.0. The highest BCUT2D eigenvalue weighted by atomic mass is 16.5. The number of likely N-dealkylation sites (tertiary alicyclic amines) is 1. The molecule has 7 heteroatoms. The number of ether oxygens (including phenoxy) is 1. The van der Waals surface area contributed by atoms with Crippen molar-refractivity contribution in [2.24, 2.45) is 5.92 Å². The average Bonchev–Trinajstić information content (AvgIpc) is 3.21. The van der Waals surface area contributed by atoms with Crippen molar-refractivity contribution < 1.29 is 24.2 Å². The first-order valence-electron chi connectivity index (χ1n) is 12.6. The Kier molecular flexibility index (Phi) is 6.50. The number of benzene rings is 2. The zero-order chi connectivity index (χ0) is 24.4. The standard InChI is InChI=1S/C28H32N2O5/c31-25(32)19-9-8-16-30(17-19)26(33)28(14-6-1-7-15-28)29-27(34)35-18-24-22-12-4-2-10-20(22)21-11-3-5-13-23(21)24/h2-5,10-13,19,24H,1,6-9,14-18H2,(H,29,34)(H,31,32)/t19-/m0/s1. The van der Waals surface area contributed by atoms with E-state index in [0.29, 0.717) is 32.2 Å². The molecule has 2 amide bonds. The summed E-state index contributed by atoms with van der Waals surface area (Å²) in [6.07, 6.45) is 4.43. The van der Waals surface area contributed by atoms with Crippen LogP contribution in [0.2, 0.25) is 0 Å². The summed E-state index contributed by atoms with van der Waals surface area (Å²) in [4.78, 5) is 39.8. The van der Waals surface area contributed by atoms with Gasteiger partial charge in [0, 0.05) is 19.0 Å². The first-order valence-corrected chi connectivity index (χ1v) is 12.6. The zero-order valence-electron chi connectivity index (χ0n) is 19.9. The van der Waals surface area contributed by atoms with Gasteiger partial charge in [0.2, 0.25) is 5.91 Å². The third kappa shape index (κ3) is 4.51. The van der Waals surface area contributed by atoms with Crippen LogP contribution >= 0.6 is 0 Å². The minimum atomic E-state index is -1.03. The van der Waals surface area contributed by atoms with E-state index in [1.807, 2.05) is 24.3 Å². The van der Waals surface area contributed by atoms with Crippen LogP contribution in [-0.2, 0) is 14.3 Å². The molecule has 1 saturated carbocycles. The number of aliphatic carboxylic acids is 1. The highest BCUT2D eigenvalue weighted by molar-refractivity contribution is 5.90. The molecule has 3 aliphatic rings. The van der Waals surface area contributed by atoms with E-state index in [9.17, 15) is 19.5 Å². The molecule has 2 aliphatic carbocycles. The number of carboxylic acids is 1. The van der Waals surface area contributed by atoms with E-state index in [1.165, 1.54) is 0 Å². The van der Waals surface area contributed by atoms with Crippen LogP contribution in [-0.4, -0.2) is 53.2 Å². The predicted molar refractivity (Wildman–Crippen MR) is 131 cm³/mol. The molecular formula is C28H32N2O5. The number of hydrogen-bond acceptors (Lipinski definition) is 4. The number of amides is 2. The third-order valence-corrected chi connectivity index (χ3v) is 7.86. The summed E-state index contributed by atoms with van der Waals surface area (Å²) in [6, 6.07) is 16.3. The quantitative estimate of drug-likeness (QED) is 0.660. The summed E-state index contributed by atoms with van der Waals surface area (Å²) < 4.78 is 5.75. The number of fused-ring (bicyclic) bond motifs is 3. The van der Waals surface area contributed by atoms with E-state index in [-0.39, 0.29) is 25.0 Å². The summed E-state index contributed by atoms with van der Waals surface area (Å²) in [5.41, 5.74) is 3.57. The monoisotopic (exact) mass is 476 g/mol. The molecule has 35 heavy (non-hydrogen) atoms. The van der Waals surface area contributed by atoms with Gasteiger partial charge in [-0.3, -0.25) is 9.59 Å². The summed E-state index contributed by atoms with van der Waals surface area (Å²) in [6.45, 7) is 0.911. The Morgan fingerprint density at radius 3 is 2.20 bits per heavy atom. The molecule has 1 aliphatic heterocycles. The van der Waals surface area contributed by atoms with Crippen LogP contribution in [0.1, 0.15) is 62.0 Å². The molecule has 184 valence electrons. The second-order valence-electron chi connectivity index (χ2n) is 10.0. The van der Waals surface area contributed by atoms with Crippen molar-refractivity contribution in [3.8, 4) is 11.1 Å². The van der Waals surface area contributed by atoms with Crippen LogP contribution in [0.15, 0.2) is 48.5 Å². The fourth-order valence-electron chi connectivity index (χ4n) is 6.04. The van der Waals surface area contributed by atoms with Crippen molar-refractivity contribution in [2.45, 2.75) is 56.4 Å². The van der Waals surface area contributed by atoms with Gasteiger partial charge in [-0.2, -0.15) is 0 Å². The fourth-order valence-corrected chi connectivity index (χ4v) is 6.04. The zero-order valence-corrected chi connectivity index (χ0v) is 19.9. The Bertz CT molecular complexity index is 1080. The number of rotatable bonds is 5. The van der Waals surface area contributed by atoms with Crippen LogP contribution in [0.5, 0.6) is 0 Å². The first-order chi connectivity index (χ1) is 17.0. The molecular weight excluding hydrogens is 444 g/mol. The SMILES string of the molecule is O=C(NC1(C(=O)N2CCC[C@H](C(=O)O)C2)CCCCC1)OCC1c2ccccc2-c2ccccc21. The molecule has 0 spiro atoms. The maximum atomic E-state index is 13.6. The number of nitrogens with zero attached hydrogens (tertiary/aromatic N) is 1. The summed E-state index contributed by atoms with van der Waals surface area (Å²) in [5.74, 6) is -1.64. The van der Waals surface area contributed by atoms with Gasteiger partial charge in [0.1, 0.15) is 12.1 Å². The number of nitrogens with one attached hydrogen (secondary N) is 1. The molecule has 5 rings (SSSR count). The molecule has 7 nitrogen and oxygen atoms in total. The average molecular weight is 477 g/mol. The maximum absolute atomic E-state index is 13.6. The van der Waals surface area contributed by atoms with E-state index >= 15 is 0 Å². The molecule has 1 atom stereocenters. The Morgan fingerprint density at radius 1 is 0.943 bits per heavy atom. The van der Waals surface area contributed by atoms with Gasteiger partial charge in [0.15, 0.2) is 0 Å². The number of hydrogen-bond donors (Lipinski definition) is 2. The molecule has 2 aromatic rings. The Labute approximate surface area is 205 Å². The molecule has 1 saturated heterocycles. The molecule has 2 N–H and O–H groups in total. The van der Waals surface area contributed by atoms with E-state index < -0.39 is 23.5 Å². The summed E-state index contributed by atoms with van der Waals surface area (Å²) >= 11 is 0. The van der Waals surface area contributed by atoms with Crippen LogP contribution in [0.4, 0.5) is 4.79 Å². The lowest BCUT2D eigenvalue weighted by Crippen LogP contribution is -2.62. The van der Waals surface area contributed by atoms with E-state index in [1.54, 1.807) is 4.90 Å². The molecule has 1 heterocycles. The van der Waals surface area contributed by atoms with Crippen LogP contribution in [0, 0.1) is 5.92 Å². The van der Waals surface area contributed by atoms with Crippen LogP contribution < -0.4 is 5.32 Å². The number of alkyl carbamates (subject to hydrolysis) is 1. The number of carbonyl (C=O) groups excluding carboxylic acids is 2. The predicted octanol–water partition coefficient (Wildman–Crippen LogP) is 4.55. The van der Waals surface area contributed by atoms with Crippen LogP contribution in [0.25, 0.3) is 11.1 Å². The Morgan fingerprint density at radius 2 is 1.57 bits per heavy atom. The van der Waals surface area contributed by atoms with Gasteiger partial charge in [0.05, 0.1) is 5.92 Å². The first kappa shape index (κ1) is 23.4. The lowest BCUT2D eigenvalue weighted by molar-refractivity contribution is -0.148. The molecule has 0 radical (unpaired) electrons. The second-order valence-corrected chi connectivity index (χ2v) is 10.0. The number of piperidine rings is 1. The minimum Gasteiger partial charge on any atom is -0.481 e. The van der Waals surface area contributed by atoms with Crippen molar-refractivity contribution in [3.05, 3.63) is 59.7 Å². The highest BCUT2D eigenvalue weighted by Gasteiger charge is 2.45. The summed E-state index contributed by atoms with van der Waals surface area (Å²) in [7, 11) is 0. The molecule has 0 bridgehead atoms. The van der Waals surface area contributed by atoms with Gasteiger partial charge in [-0.25, -0.2) is 4.79 Å². The minimum absolute atomic E-state index is 0.0513. The van der Waals surface area contributed by atoms with E-state index in [4.69, 9.17) is 4.74 Å². The van der Waals surface area contributed by atoms with Gasteiger partial charge in [-0.1, -0.05) is 67.8 Å². The fraction of sp³-hybridized carbons (Fsp3) is 0.464. The second kappa shape index (κ2) is 9.72. The van der Waals surface area contributed by atoms with Crippen molar-refractivity contribution in [2.75, 3.05) is 19.7 Å². The molecule has 0 aromatic heterocycles. The topological polar surface area (TPSA) is 95.9 Å². The Hall–Kier alpha value is -3.35. The van der Waals surface area contributed by atoms with Crippen molar-refractivity contribution in [3.63, 3.8) is 0 Å². The third-order valence-electron chi connectivity index (χ3n) is 7.86. The molecule has 2 fully saturated rings. The highest BCUT2D eigenvalue weighted by Crippen LogP contribution is 2.44. The Balaban J connectivity index is 1.29. The largest absolute Gasteiger partial charge is 0.481 e. The van der Waals surface area contributed by atoms with E-state index in [0.717, 1.165) is 41.5 Å². The summed E-state index contributed by atoms with van der Waals surface area (Å²) in [5, 5.41) is 12.4. The van der Waals surface area contributed by atoms with Crippen molar-refractivity contribution in [1.82, 2.24) is 10.2 Å². The molecule has 0 unspecified atom stereocenters. The van der Waals surface area contributed by atoms with Crippen LogP contribution in [0.3, 0.4) is 0 Å². The number of carboxylic acid groups (broad SMARTS) is 1. The van der Waals surface area contributed by atoms with E-state index in [2.05, 4.69) is 29.6 Å². The van der Waals surface area contributed by atoms with Gasteiger partial charge in [-0.05, 0) is 47.9 Å². The van der Waals surface area contributed by atoms with Crippen molar-refractivity contribution >= 4 is 18.0 Å². The van der Waals surface area contributed by atoms with Gasteiger partial charge in [-0.15, -0.1) is 0 Å². The van der Waals surface area contributed by atoms with Gasteiger partial charge in [0.25, 0.3) is 0 Å². The lowest BCUT2D eigenvalue weighted by atomic mass is 9.80. The lowest BCUT2D eigenvalue weighted by Gasteiger charge is -2.42. The maximum Gasteiger partial charge on any atom is 0.408 e. The van der Waals surface area contributed by atoms with Crippen molar-refractivity contribution in [1.29, 1.82) is 0 Å². The molecule has 2 aromatic carbocycles. The number of carbonyl (C=O) groups is 3. The smallest absolute Gasteiger partial charge is 0.408 e. The van der Waals surface area contributed by atoms with Gasteiger partial charge >= 0.3 is 12.1 Å².